The highest BCUT2D eigenvalue weighted by Gasteiger charge is 2.01. The van der Waals surface area contributed by atoms with Gasteiger partial charge in [-0.15, -0.1) is 0 Å². The van der Waals surface area contributed by atoms with Crippen LogP contribution in [0.2, 0.25) is 5.02 Å². The van der Waals surface area contributed by atoms with E-state index in [1.165, 1.54) is 32.1 Å². The van der Waals surface area contributed by atoms with Crippen LogP contribution in [0.4, 0.5) is 5.69 Å². The summed E-state index contributed by atoms with van der Waals surface area (Å²) >= 11 is 5.79. The fourth-order valence-electron chi connectivity index (χ4n) is 1.97. The SMILES string of the molecule is CCCCCCCCNCC(=O)Nc1ccc(Cl)cc1. The van der Waals surface area contributed by atoms with Crippen molar-refractivity contribution in [2.45, 2.75) is 45.4 Å². The lowest BCUT2D eigenvalue weighted by atomic mass is 10.1. The van der Waals surface area contributed by atoms with Crippen molar-refractivity contribution >= 4 is 23.2 Å². The Balaban J connectivity index is 2.01. The van der Waals surface area contributed by atoms with E-state index >= 15 is 0 Å². The highest BCUT2D eigenvalue weighted by Crippen LogP contribution is 2.12. The number of benzene rings is 1. The average molecular weight is 297 g/mol. The van der Waals surface area contributed by atoms with Crippen molar-refractivity contribution in [2.75, 3.05) is 18.4 Å². The van der Waals surface area contributed by atoms with E-state index in [0.717, 1.165) is 18.7 Å². The Labute approximate surface area is 127 Å². The van der Waals surface area contributed by atoms with Gasteiger partial charge in [-0.2, -0.15) is 0 Å². The zero-order valence-corrected chi connectivity index (χ0v) is 13.0. The molecule has 1 aromatic carbocycles. The van der Waals surface area contributed by atoms with Gasteiger partial charge in [0.15, 0.2) is 0 Å². The van der Waals surface area contributed by atoms with Crippen molar-refractivity contribution in [3.63, 3.8) is 0 Å². The summed E-state index contributed by atoms with van der Waals surface area (Å²) in [5.41, 5.74) is 0.778. The summed E-state index contributed by atoms with van der Waals surface area (Å²) in [5.74, 6) is -0.0155. The smallest absolute Gasteiger partial charge is 0.238 e. The molecule has 1 amide bonds. The summed E-state index contributed by atoms with van der Waals surface area (Å²) in [6.45, 7) is 3.48. The summed E-state index contributed by atoms with van der Waals surface area (Å²) in [5, 5.41) is 6.67. The first-order valence-electron chi connectivity index (χ1n) is 7.48. The number of carbonyl (C=O) groups excluding carboxylic acids is 1. The molecule has 20 heavy (non-hydrogen) atoms. The number of anilines is 1. The van der Waals surface area contributed by atoms with Crippen molar-refractivity contribution in [2.24, 2.45) is 0 Å². The molecular formula is C16H25ClN2O. The van der Waals surface area contributed by atoms with Gasteiger partial charge in [0, 0.05) is 10.7 Å². The first-order chi connectivity index (χ1) is 9.72. The van der Waals surface area contributed by atoms with Crippen LogP contribution in [0.25, 0.3) is 0 Å². The van der Waals surface area contributed by atoms with Crippen LogP contribution >= 0.6 is 11.6 Å². The molecule has 3 nitrogen and oxygen atoms in total. The Bertz CT molecular complexity index is 379. The maximum Gasteiger partial charge on any atom is 0.238 e. The minimum Gasteiger partial charge on any atom is -0.325 e. The molecule has 0 saturated heterocycles. The van der Waals surface area contributed by atoms with Crippen molar-refractivity contribution in [3.8, 4) is 0 Å². The van der Waals surface area contributed by atoms with Gasteiger partial charge >= 0.3 is 0 Å². The Morgan fingerprint density at radius 2 is 1.70 bits per heavy atom. The number of halogens is 1. The first-order valence-corrected chi connectivity index (χ1v) is 7.86. The van der Waals surface area contributed by atoms with E-state index in [0.29, 0.717) is 11.6 Å². The molecule has 0 spiro atoms. The summed E-state index contributed by atoms with van der Waals surface area (Å²) in [4.78, 5) is 11.7. The number of unbranched alkanes of at least 4 members (excludes halogenated alkanes) is 5. The van der Waals surface area contributed by atoms with Gasteiger partial charge < -0.3 is 10.6 Å². The lowest BCUT2D eigenvalue weighted by molar-refractivity contribution is -0.115. The Morgan fingerprint density at radius 1 is 1.05 bits per heavy atom. The van der Waals surface area contributed by atoms with E-state index in [-0.39, 0.29) is 5.91 Å². The molecule has 0 unspecified atom stereocenters. The van der Waals surface area contributed by atoms with Crippen molar-refractivity contribution in [3.05, 3.63) is 29.3 Å². The van der Waals surface area contributed by atoms with Gasteiger partial charge in [-0.25, -0.2) is 0 Å². The summed E-state index contributed by atoms with van der Waals surface area (Å²) < 4.78 is 0. The molecule has 0 aliphatic carbocycles. The fourth-order valence-corrected chi connectivity index (χ4v) is 2.10. The summed E-state index contributed by atoms with van der Waals surface area (Å²) in [6, 6.07) is 7.13. The van der Waals surface area contributed by atoms with Gasteiger partial charge in [0.25, 0.3) is 0 Å². The molecule has 0 aliphatic rings. The molecular weight excluding hydrogens is 272 g/mol. The predicted octanol–water partition coefficient (Wildman–Crippen LogP) is 4.23. The molecule has 112 valence electrons. The van der Waals surface area contributed by atoms with Gasteiger partial charge in [0.05, 0.1) is 6.54 Å². The standard InChI is InChI=1S/C16H25ClN2O/c1-2-3-4-5-6-7-12-18-13-16(20)19-15-10-8-14(17)9-11-15/h8-11,18H,2-7,12-13H2,1H3,(H,19,20). The van der Waals surface area contributed by atoms with E-state index in [4.69, 9.17) is 11.6 Å². The van der Waals surface area contributed by atoms with Crippen LogP contribution < -0.4 is 10.6 Å². The topological polar surface area (TPSA) is 41.1 Å². The van der Waals surface area contributed by atoms with Crippen LogP contribution in [0.3, 0.4) is 0 Å². The molecule has 4 heteroatoms. The highest BCUT2D eigenvalue weighted by molar-refractivity contribution is 6.30. The number of amides is 1. The molecule has 1 aromatic rings. The number of carbonyl (C=O) groups is 1. The number of hydrogen-bond acceptors (Lipinski definition) is 2. The number of rotatable bonds is 10. The third-order valence-electron chi connectivity index (χ3n) is 3.12. The molecule has 2 N–H and O–H groups in total. The number of nitrogens with one attached hydrogen (secondary N) is 2. The Morgan fingerprint density at radius 3 is 2.40 bits per heavy atom. The van der Waals surface area contributed by atoms with Gasteiger partial charge in [-0.3, -0.25) is 4.79 Å². The quantitative estimate of drug-likeness (QED) is 0.634. The molecule has 0 saturated carbocycles. The third-order valence-corrected chi connectivity index (χ3v) is 3.37. The first kappa shape index (κ1) is 17.0. The van der Waals surface area contributed by atoms with Crippen LogP contribution in [0.1, 0.15) is 45.4 Å². The largest absolute Gasteiger partial charge is 0.325 e. The molecule has 0 aromatic heterocycles. The minimum atomic E-state index is -0.0155. The average Bonchev–Trinajstić information content (AvgIpc) is 2.44. The van der Waals surface area contributed by atoms with Gasteiger partial charge in [0.1, 0.15) is 0 Å². The second-order valence-corrected chi connectivity index (χ2v) is 5.44. The van der Waals surface area contributed by atoms with E-state index < -0.39 is 0 Å². The maximum absolute atomic E-state index is 11.7. The molecule has 0 aliphatic heterocycles. The van der Waals surface area contributed by atoms with Crippen molar-refractivity contribution < 1.29 is 4.79 Å². The van der Waals surface area contributed by atoms with Crippen LogP contribution in [0, 0.1) is 0 Å². The lowest BCUT2D eigenvalue weighted by Crippen LogP contribution is -2.28. The Hall–Kier alpha value is -1.06. The lowest BCUT2D eigenvalue weighted by Gasteiger charge is -2.07. The fraction of sp³-hybridized carbons (Fsp3) is 0.562. The van der Waals surface area contributed by atoms with Crippen LogP contribution in [-0.2, 0) is 4.79 Å². The van der Waals surface area contributed by atoms with E-state index in [1.807, 2.05) is 0 Å². The monoisotopic (exact) mass is 296 g/mol. The van der Waals surface area contributed by atoms with Gasteiger partial charge in [-0.1, -0.05) is 50.6 Å². The van der Waals surface area contributed by atoms with E-state index in [2.05, 4.69) is 17.6 Å². The van der Waals surface area contributed by atoms with E-state index in [9.17, 15) is 4.79 Å². The van der Waals surface area contributed by atoms with Crippen molar-refractivity contribution in [1.29, 1.82) is 0 Å². The molecule has 1 rings (SSSR count). The molecule has 0 bridgehead atoms. The number of hydrogen-bond donors (Lipinski definition) is 2. The molecule has 0 fully saturated rings. The molecule has 0 atom stereocenters. The van der Waals surface area contributed by atoms with Crippen LogP contribution in [0.15, 0.2) is 24.3 Å². The van der Waals surface area contributed by atoms with Crippen LogP contribution in [0.5, 0.6) is 0 Å². The van der Waals surface area contributed by atoms with Gasteiger partial charge in [-0.05, 0) is 37.2 Å². The zero-order valence-electron chi connectivity index (χ0n) is 12.3. The second-order valence-electron chi connectivity index (χ2n) is 5.00. The third kappa shape index (κ3) is 8.18. The van der Waals surface area contributed by atoms with E-state index in [1.54, 1.807) is 24.3 Å². The summed E-state index contributed by atoms with van der Waals surface area (Å²) in [6.07, 6.45) is 7.61. The normalized spacial score (nSPS) is 10.5. The molecule has 0 radical (unpaired) electrons. The zero-order chi connectivity index (χ0) is 14.6. The summed E-state index contributed by atoms with van der Waals surface area (Å²) in [7, 11) is 0. The Kier molecular flexibility index (Phi) is 9.09. The highest BCUT2D eigenvalue weighted by atomic mass is 35.5. The minimum absolute atomic E-state index is 0.0155. The second kappa shape index (κ2) is 10.7. The maximum atomic E-state index is 11.7. The predicted molar refractivity (Wildman–Crippen MR) is 86.3 cm³/mol. The van der Waals surface area contributed by atoms with Crippen LogP contribution in [-0.4, -0.2) is 19.0 Å². The molecule has 0 heterocycles. The van der Waals surface area contributed by atoms with Gasteiger partial charge in [0.2, 0.25) is 5.91 Å². The van der Waals surface area contributed by atoms with Crippen molar-refractivity contribution in [1.82, 2.24) is 5.32 Å².